The molecular formula is C13H21N7O5. The number of aromatic amines is 1. The van der Waals surface area contributed by atoms with Gasteiger partial charge in [0.2, 0.25) is 0 Å². The van der Waals surface area contributed by atoms with E-state index >= 15 is 0 Å². The Bertz CT molecular complexity index is 569. The normalized spacial score (nSPS) is 13.1. The summed E-state index contributed by atoms with van der Waals surface area (Å²) >= 11 is 0. The second-order valence-electron chi connectivity index (χ2n) is 4.40. The van der Waals surface area contributed by atoms with E-state index in [0.717, 1.165) is 0 Å². The molecule has 0 aromatic carbocycles. The molecule has 2 rings (SSSR count). The minimum absolute atomic E-state index is 0.00463. The average Bonchev–Trinajstić information content (AvgIpc) is 3.16. The van der Waals surface area contributed by atoms with E-state index in [1.807, 2.05) is 0 Å². The van der Waals surface area contributed by atoms with Gasteiger partial charge in [-0.05, 0) is 6.07 Å². The molecule has 0 aliphatic heterocycles. The van der Waals surface area contributed by atoms with Gasteiger partial charge >= 0.3 is 11.9 Å². The van der Waals surface area contributed by atoms with Gasteiger partial charge in [-0.3, -0.25) is 9.59 Å². The summed E-state index contributed by atoms with van der Waals surface area (Å²) in [5.41, 5.74) is 15.2. The Morgan fingerprint density at radius 3 is 1.96 bits per heavy atom. The molecule has 0 aliphatic rings. The number of imidazole rings is 1. The van der Waals surface area contributed by atoms with Gasteiger partial charge in [0.1, 0.15) is 24.5 Å². The van der Waals surface area contributed by atoms with E-state index < -0.39 is 30.1 Å². The molecule has 3 atom stereocenters. The molecule has 0 radical (unpaired) electrons. The van der Waals surface area contributed by atoms with Crippen molar-refractivity contribution in [3.8, 4) is 0 Å². The van der Waals surface area contributed by atoms with Crippen LogP contribution in [0.1, 0.15) is 11.8 Å². The Balaban J connectivity index is 0.000000377. The van der Waals surface area contributed by atoms with E-state index in [1.54, 1.807) is 18.5 Å². The van der Waals surface area contributed by atoms with Crippen molar-refractivity contribution >= 4 is 11.9 Å². The third-order valence-electron chi connectivity index (χ3n) is 2.51. The number of carboxylic acid groups (broad SMARTS) is 2. The number of nitrogens with one attached hydrogen (secondary N) is 1. The molecule has 0 saturated carbocycles. The molecule has 0 saturated heterocycles. The molecular weight excluding hydrogens is 334 g/mol. The molecule has 12 nitrogen and oxygen atoms in total. The molecule has 2 heterocycles. The van der Waals surface area contributed by atoms with Crippen molar-refractivity contribution in [3.05, 3.63) is 43.0 Å². The van der Waals surface area contributed by atoms with Crippen molar-refractivity contribution in [2.75, 3.05) is 6.54 Å². The maximum atomic E-state index is 10.3. The van der Waals surface area contributed by atoms with E-state index in [9.17, 15) is 14.7 Å². The number of aliphatic hydroxyl groups excluding tert-OH is 1. The molecule has 2 aromatic rings. The lowest BCUT2D eigenvalue weighted by Gasteiger charge is -2.12. The SMILES string of the molecule is NC[C@H](N)C(=O)O.N[C@H](C(=O)O)C(O)c1cnc[nH]1.c1cncnc1. The monoisotopic (exact) mass is 355 g/mol. The highest BCUT2D eigenvalue weighted by Crippen LogP contribution is 2.11. The van der Waals surface area contributed by atoms with Crippen LogP contribution in [0, 0.1) is 0 Å². The van der Waals surface area contributed by atoms with Crippen molar-refractivity contribution in [2.24, 2.45) is 17.2 Å². The summed E-state index contributed by atoms with van der Waals surface area (Å²) in [6, 6.07) is -0.453. The smallest absolute Gasteiger partial charge is 0.323 e. The first-order valence-corrected chi connectivity index (χ1v) is 6.84. The number of hydrogen-bond donors (Lipinski definition) is 7. The van der Waals surface area contributed by atoms with Gasteiger partial charge in [-0.2, -0.15) is 0 Å². The maximum absolute atomic E-state index is 10.3. The number of aliphatic hydroxyl groups is 1. The molecule has 0 fully saturated rings. The lowest BCUT2D eigenvalue weighted by atomic mass is 10.1. The molecule has 2 aromatic heterocycles. The molecule has 0 aliphatic carbocycles. The fourth-order valence-corrected chi connectivity index (χ4v) is 1.11. The van der Waals surface area contributed by atoms with Gasteiger partial charge in [0, 0.05) is 18.9 Å². The molecule has 25 heavy (non-hydrogen) atoms. The van der Waals surface area contributed by atoms with E-state index in [1.165, 1.54) is 18.9 Å². The lowest BCUT2D eigenvalue weighted by molar-refractivity contribution is -0.141. The van der Waals surface area contributed by atoms with Crippen LogP contribution in [0.15, 0.2) is 37.3 Å². The molecule has 0 spiro atoms. The van der Waals surface area contributed by atoms with Crippen LogP contribution in [0.4, 0.5) is 0 Å². The van der Waals surface area contributed by atoms with E-state index in [2.05, 4.69) is 19.9 Å². The third kappa shape index (κ3) is 9.72. The summed E-state index contributed by atoms with van der Waals surface area (Å²) in [7, 11) is 0. The van der Waals surface area contributed by atoms with E-state index in [4.69, 9.17) is 27.4 Å². The number of aromatic nitrogens is 4. The summed E-state index contributed by atoms with van der Waals surface area (Å²) in [4.78, 5) is 33.6. The first-order chi connectivity index (χ1) is 11.8. The van der Waals surface area contributed by atoms with Gasteiger partial charge in [0.05, 0.1) is 18.2 Å². The molecule has 138 valence electrons. The molecule has 0 amide bonds. The fourth-order valence-electron chi connectivity index (χ4n) is 1.11. The average molecular weight is 355 g/mol. The highest BCUT2D eigenvalue weighted by molar-refractivity contribution is 5.74. The van der Waals surface area contributed by atoms with Gasteiger partial charge < -0.3 is 37.5 Å². The number of nitrogens with two attached hydrogens (primary N) is 3. The number of carboxylic acids is 2. The number of nitrogens with zero attached hydrogens (tertiary/aromatic N) is 3. The number of aliphatic carboxylic acids is 2. The van der Waals surface area contributed by atoms with Crippen LogP contribution in [0.2, 0.25) is 0 Å². The standard InChI is InChI=1S/C6H9N3O3.C4H4N2.C3H8N2O2/c7-4(6(11)12)5(10)3-1-8-2-9-3;1-2-5-4-6-3-1;4-1-2(5)3(6)7/h1-2,4-5,10H,7H2,(H,8,9)(H,11,12);1-4H;2H,1,4-5H2,(H,6,7)/t4-,5?;;2-/m0.0/s1. The predicted octanol–water partition coefficient (Wildman–Crippen LogP) is -2.31. The summed E-state index contributed by atoms with van der Waals surface area (Å²) in [6.07, 6.45) is 6.30. The van der Waals surface area contributed by atoms with Crippen molar-refractivity contribution < 1.29 is 24.9 Å². The van der Waals surface area contributed by atoms with Crippen molar-refractivity contribution in [3.63, 3.8) is 0 Å². The number of rotatable bonds is 5. The van der Waals surface area contributed by atoms with Crippen LogP contribution in [-0.4, -0.2) is 65.8 Å². The number of hydrogen-bond acceptors (Lipinski definition) is 9. The number of H-pyrrole nitrogens is 1. The summed E-state index contributed by atoms with van der Waals surface area (Å²) < 4.78 is 0. The second kappa shape index (κ2) is 12.5. The Hall–Kier alpha value is -2.93. The van der Waals surface area contributed by atoms with Crippen LogP contribution in [0.5, 0.6) is 0 Å². The minimum Gasteiger partial charge on any atom is -0.480 e. The van der Waals surface area contributed by atoms with E-state index in [0.29, 0.717) is 5.69 Å². The van der Waals surface area contributed by atoms with Crippen molar-refractivity contribution in [1.29, 1.82) is 0 Å². The van der Waals surface area contributed by atoms with Gasteiger partial charge in [0.25, 0.3) is 0 Å². The largest absolute Gasteiger partial charge is 0.480 e. The fraction of sp³-hybridized carbons (Fsp3) is 0.308. The summed E-state index contributed by atoms with van der Waals surface area (Å²) in [5.74, 6) is -2.31. The molecule has 10 N–H and O–H groups in total. The zero-order valence-electron chi connectivity index (χ0n) is 13.1. The highest BCUT2D eigenvalue weighted by Gasteiger charge is 2.24. The van der Waals surface area contributed by atoms with E-state index in [-0.39, 0.29) is 6.54 Å². The van der Waals surface area contributed by atoms with Crippen LogP contribution < -0.4 is 17.2 Å². The van der Waals surface area contributed by atoms with Crippen LogP contribution in [0.25, 0.3) is 0 Å². The van der Waals surface area contributed by atoms with Gasteiger partial charge in [0.15, 0.2) is 0 Å². The highest BCUT2D eigenvalue weighted by atomic mass is 16.4. The first-order valence-electron chi connectivity index (χ1n) is 6.84. The molecule has 12 heteroatoms. The number of carbonyl (C=O) groups is 2. The lowest BCUT2D eigenvalue weighted by Crippen LogP contribution is -2.37. The van der Waals surface area contributed by atoms with Crippen LogP contribution in [0.3, 0.4) is 0 Å². The van der Waals surface area contributed by atoms with Gasteiger partial charge in [-0.15, -0.1) is 0 Å². The van der Waals surface area contributed by atoms with Gasteiger partial charge in [-0.25, -0.2) is 15.0 Å². The quantitative estimate of drug-likeness (QED) is 0.301. The minimum atomic E-state index is -1.33. The zero-order valence-corrected chi connectivity index (χ0v) is 13.1. The summed E-state index contributed by atoms with van der Waals surface area (Å²) in [6.45, 7) is -0.00463. The van der Waals surface area contributed by atoms with Gasteiger partial charge in [-0.1, -0.05) is 0 Å². The summed E-state index contributed by atoms with van der Waals surface area (Å²) in [5, 5.41) is 25.7. The first kappa shape index (κ1) is 22.1. The van der Waals surface area contributed by atoms with Crippen molar-refractivity contribution in [1.82, 2.24) is 19.9 Å². The molecule has 0 bridgehead atoms. The third-order valence-corrected chi connectivity index (χ3v) is 2.51. The Kier molecular flexibility index (Phi) is 11.0. The zero-order chi connectivity index (χ0) is 19.2. The van der Waals surface area contributed by atoms with Crippen LogP contribution in [-0.2, 0) is 9.59 Å². The Morgan fingerprint density at radius 2 is 1.72 bits per heavy atom. The molecule has 1 unspecified atom stereocenters. The Labute approximate surface area is 142 Å². The predicted molar refractivity (Wildman–Crippen MR) is 85.9 cm³/mol. The topological polar surface area (TPSA) is 227 Å². The maximum Gasteiger partial charge on any atom is 0.323 e. The second-order valence-corrected chi connectivity index (χ2v) is 4.40. The van der Waals surface area contributed by atoms with Crippen molar-refractivity contribution in [2.45, 2.75) is 18.2 Å². The Morgan fingerprint density at radius 1 is 1.12 bits per heavy atom. The van der Waals surface area contributed by atoms with Crippen LogP contribution >= 0.6 is 0 Å².